The van der Waals surface area contributed by atoms with Crippen molar-refractivity contribution in [3.63, 3.8) is 0 Å². The van der Waals surface area contributed by atoms with Crippen LogP contribution in [0.3, 0.4) is 0 Å². The van der Waals surface area contributed by atoms with E-state index < -0.39 is 17.8 Å². The Morgan fingerprint density at radius 2 is 2.05 bits per heavy atom. The Morgan fingerprint density at radius 1 is 1.33 bits per heavy atom. The molecule has 0 fully saturated rings. The summed E-state index contributed by atoms with van der Waals surface area (Å²) in [4.78, 5) is 0. The first-order chi connectivity index (χ1) is 9.93. The number of aryl methyl sites for hydroxylation is 1. The molecule has 112 valence electrons. The van der Waals surface area contributed by atoms with Gasteiger partial charge in [0.2, 0.25) is 0 Å². The van der Waals surface area contributed by atoms with Crippen LogP contribution in [-0.2, 0) is 0 Å². The van der Waals surface area contributed by atoms with Gasteiger partial charge in [0.15, 0.2) is 0 Å². The normalized spacial score (nSPS) is 14.0. The SMILES string of the molecule is Cc1cc(Br)cc(C(O)C(CN)c2cccc(Cl)c2F)c1. The predicted octanol–water partition coefficient (Wildman–Crippen LogP) is 4.33. The molecule has 2 nitrogen and oxygen atoms in total. The van der Waals surface area contributed by atoms with Gasteiger partial charge in [-0.3, -0.25) is 0 Å². The molecule has 0 saturated carbocycles. The summed E-state index contributed by atoms with van der Waals surface area (Å²) in [6, 6.07) is 10.3. The van der Waals surface area contributed by atoms with Crippen molar-refractivity contribution in [3.05, 3.63) is 68.4 Å². The molecular weight excluding hydrogens is 357 g/mol. The third kappa shape index (κ3) is 3.64. The van der Waals surface area contributed by atoms with Gasteiger partial charge in [-0.15, -0.1) is 0 Å². The molecule has 2 aromatic rings. The fraction of sp³-hybridized carbons (Fsp3) is 0.250. The standard InChI is InChI=1S/C16H16BrClFNO/c1-9-5-10(7-11(17)6-9)16(21)13(8-20)12-3-2-4-14(18)15(12)19/h2-7,13,16,21H,8,20H2,1H3. The highest BCUT2D eigenvalue weighted by Gasteiger charge is 2.25. The lowest BCUT2D eigenvalue weighted by Gasteiger charge is -2.23. The minimum atomic E-state index is -0.904. The van der Waals surface area contributed by atoms with Gasteiger partial charge in [-0.1, -0.05) is 45.7 Å². The zero-order chi connectivity index (χ0) is 15.6. The summed E-state index contributed by atoms with van der Waals surface area (Å²) < 4.78 is 15.0. The van der Waals surface area contributed by atoms with Crippen LogP contribution in [0, 0.1) is 12.7 Å². The van der Waals surface area contributed by atoms with Crippen LogP contribution in [0.15, 0.2) is 40.9 Å². The van der Waals surface area contributed by atoms with Crippen LogP contribution in [0.1, 0.15) is 28.7 Å². The highest BCUT2D eigenvalue weighted by atomic mass is 79.9. The van der Waals surface area contributed by atoms with Crippen molar-refractivity contribution in [1.82, 2.24) is 0 Å². The van der Waals surface area contributed by atoms with Crippen molar-refractivity contribution in [3.8, 4) is 0 Å². The van der Waals surface area contributed by atoms with Gasteiger partial charge in [-0.05, 0) is 41.8 Å². The zero-order valence-electron chi connectivity index (χ0n) is 11.5. The van der Waals surface area contributed by atoms with Gasteiger partial charge in [0.1, 0.15) is 5.82 Å². The number of aliphatic hydroxyl groups excluding tert-OH is 1. The quantitative estimate of drug-likeness (QED) is 0.839. The van der Waals surface area contributed by atoms with E-state index in [0.717, 1.165) is 10.0 Å². The lowest BCUT2D eigenvalue weighted by Crippen LogP contribution is -2.21. The maximum Gasteiger partial charge on any atom is 0.145 e. The molecular formula is C16H16BrClFNO. The summed E-state index contributed by atoms with van der Waals surface area (Å²) >= 11 is 9.21. The Balaban J connectivity index is 2.43. The van der Waals surface area contributed by atoms with Crippen LogP contribution in [0.4, 0.5) is 4.39 Å². The molecule has 0 bridgehead atoms. The summed E-state index contributed by atoms with van der Waals surface area (Å²) in [7, 11) is 0. The minimum Gasteiger partial charge on any atom is -0.388 e. The maximum absolute atomic E-state index is 14.2. The predicted molar refractivity (Wildman–Crippen MR) is 87.0 cm³/mol. The Hall–Kier alpha value is -0.940. The number of aliphatic hydroxyl groups is 1. The van der Waals surface area contributed by atoms with E-state index in [9.17, 15) is 9.50 Å². The van der Waals surface area contributed by atoms with E-state index in [-0.39, 0.29) is 11.6 Å². The number of halogens is 3. The van der Waals surface area contributed by atoms with Crippen LogP contribution < -0.4 is 5.73 Å². The van der Waals surface area contributed by atoms with Crippen molar-refractivity contribution in [2.24, 2.45) is 5.73 Å². The van der Waals surface area contributed by atoms with E-state index in [1.165, 1.54) is 6.07 Å². The van der Waals surface area contributed by atoms with Crippen molar-refractivity contribution in [1.29, 1.82) is 0 Å². The second-order valence-electron chi connectivity index (χ2n) is 4.99. The summed E-state index contributed by atoms with van der Waals surface area (Å²) in [5, 5.41) is 10.6. The smallest absolute Gasteiger partial charge is 0.145 e. The first-order valence-corrected chi connectivity index (χ1v) is 7.70. The Labute approximate surface area is 136 Å². The lowest BCUT2D eigenvalue weighted by molar-refractivity contribution is 0.145. The number of hydrogen-bond donors (Lipinski definition) is 2. The fourth-order valence-electron chi connectivity index (χ4n) is 2.40. The largest absolute Gasteiger partial charge is 0.388 e. The summed E-state index contributed by atoms with van der Waals surface area (Å²) in [6.45, 7) is 2.04. The Kier molecular flexibility index (Phi) is 5.38. The van der Waals surface area contributed by atoms with E-state index in [2.05, 4.69) is 15.9 Å². The first-order valence-electron chi connectivity index (χ1n) is 6.53. The highest BCUT2D eigenvalue weighted by molar-refractivity contribution is 9.10. The van der Waals surface area contributed by atoms with Crippen LogP contribution in [-0.4, -0.2) is 11.7 Å². The number of rotatable bonds is 4. The average Bonchev–Trinajstić information content (AvgIpc) is 2.43. The molecule has 0 aromatic heterocycles. The van der Waals surface area contributed by atoms with E-state index in [4.69, 9.17) is 17.3 Å². The number of nitrogens with two attached hydrogens (primary N) is 1. The van der Waals surface area contributed by atoms with Gasteiger partial charge >= 0.3 is 0 Å². The van der Waals surface area contributed by atoms with Crippen LogP contribution in [0.25, 0.3) is 0 Å². The molecule has 2 unspecified atom stereocenters. The van der Waals surface area contributed by atoms with Crippen molar-refractivity contribution < 1.29 is 9.50 Å². The second-order valence-corrected chi connectivity index (χ2v) is 6.31. The number of hydrogen-bond acceptors (Lipinski definition) is 2. The van der Waals surface area contributed by atoms with Crippen molar-refractivity contribution in [2.45, 2.75) is 18.9 Å². The van der Waals surface area contributed by atoms with E-state index in [0.29, 0.717) is 11.1 Å². The molecule has 2 aromatic carbocycles. The molecule has 3 N–H and O–H groups in total. The minimum absolute atomic E-state index is 0.0311. The molecule has 0 heterocycles. The molecule has 2 atom stereocenters. The van der Waals surface area contributed by atoms with Gasteiger partial charge in [0.25, 0.3) is 0 Å². The van der Waals surface area contributed by atoms with Gasteiger partial charge < -0.3 is 10.8 Å². The monoisotopic (exact) mass is 371 g/mol. The van der Waals surface area contributed by atoms with Gasteiger partial charge in [-0.25, -0.2) is 4.39 Å². The Morgan fingerprint density at radius 3 is 2.67 bits per heavy atom. The molecule has 0 aliphatic carbocycles. The summed E-state index contributed by atoms with van der Waals surface area (Å²) in [5.41, 5.74) is 7.78. The number of benzene rings is 2. The molecule has 0 aliphatic rings. The molecule has 5 heteroatoms. The Bertz CT molecular complexity index is 630. The van der Waals surface area contributed by atoms with Crippen LogP contribution in [0.2, 0.25) is 5.02 Å². The molecule has 2 rings (SSSR count). The second kappa shape index (κ2) is 6.88. The highest BCUT2D eigenvalue weighted by Crippen LogP contribution is 2.34. The third-order valence-corrected chi connectivity index (χ3v) is 4.17. The van der Waals surface area contributed by atoms with E-state index in [1.807, 2.05) is 25.1 Å². The average molecular weight is 373 g/mol. The van der Waals surface area contributed by atoms with Crippen molar-refractivity contribution in [2.75, 3.05) is 6.54 Å². The fourth-order valence-corrected chi connectivity index (χ4v) is 3.21. The maximum atomic E-state index is 14.2. The topological polar surface area (TPSA) is 46.2 Å². The molecule has 21 heavy (non-hydrogen) atoms. The van der Waals surface area contributed by atoms with Crippen LogP contribution in [0.5, 0.6) is 0 Å². The first kappa shape index (κ1) is 16.4. The van der Waals surface area contributed by atoms with E-state index in [1.54, 1.807) is 12.1 Å². The molecule has 0 aliphatic heterocycles. The van der Waals surface area contributed by atoms with Gasteiger partial charge in [0.05, 0.1) is 11.1 Å². The van der Waals surface area contributed by atoms with Crippen molar-refractivity contribution >= 4 is 27.5 Å². The molecule has 0 saturated heterocycles. The third-order valence-electron chi connectivity index (χ3n) is 3.42. The lowest BCUT2D eigenvalue weighted by atomic mass is 9.88. The molecule has 0 radical (unpaired) electrons. The van der Waals surface area contributed by atoms with Gasteiger partial charge in [-0.2, -0.15) is 0 Å². The molecule has 0 spiro atoms. The summed E-state index contributed by atoms with van der Waals surface area (Å²) in [6.07, 6.45) is -0.904. The van der Waals surface area contributed by atoms with E-state index >= 15 is 0 Å². The zero-order valence-corrected chi connectivity index (χ0v) is 13.8. The summed E-state index contributed by atoms with van der Waals surface area (Å²) in [5.74, 6) is -1.09. The van der Waals surface area contributed by atoms with Gasteiger partial charge in [0, 0.05) is 16.9 Å². The molecule has 0 amide bonds. The van der Waals surface area contributed by atoms with Crippen LogP contribution >= 0.6 is 27.5 Å².